The van der Waals surface area contributed by atoms with Gasteiger partial charge in [0.2, 0.25) is 0 Å². The van der Waals surface area contributed by atoms with E-state index in [1.807, 2.05) is 20.8 Å². The maximum atomic E-state index is 11.8. The molecule has 1 saturated heterocycles. The van der Waals surface area contributed by atoms with Gasteiger partial charge in [0, 0.05) is 18.9 Å². The minimum Gasteiger partial charge on any atom is -0.444 e. The molecular weight excluding hydrogens is 209 g/mol. The van der Waals surface area contributed by atoms with E-state index in [1.54, 1.807) is 4.90 Å². The molecule has 0 aromatic carbocycles. The Morgan fingerprint density at radius 1 is 1.50 bits per heavy atom. The second kappa shape index (κ2) is 5.06. The average Bonchev–Trinajstić information content (AvgIpc) is 2.47. The van der Waals surface area contributed by atoms with Gasteiger partial charge in [0.25, 0.3) is 0 Å². The minimum atomic E-state index is -1.37. The summed E-state index contributed by atoms with van der Waals surface area (Å²) in [6, 6.07) is -0.116. The van der Waals surface area contributed by atoms with Crippen LogP contribution in [0, 0.1) is 0 Å². The number of likely N-dealkylation sites (tertiary alicyclic amines) is 1. The van der Waals surface area contributed by atoms with E-state index in [-0.39, 0.29) is 18.5 Å². The maximum absolute atomic E-state index is 11.8. The summed E-state index contributed by atoms with van der Waals surface area (Å²) in [6.45, 7) is 6.08. The van der Waals surface area contributed by atoms with Crippen molar-refractivity contribution in [1.29, 1.82) is 0 Å². The highest BCUT2D eigenvalue weighted by atomic mass is 16.6. The van der Waals surface area contributed by atoms with Crippen molar-refractivity contribution in [2.75, 3.05) is 6.54 Å². The largest absolute Gasteiger partial charge is 0.453 e. The molecule has 1 rings (SSSR count). The molecule has 92 valence electrons. The van der Waals surface area contributed by atoms with Gasteiger partial charge in [-0.1, -0.05) is 0 Å². The average molecular weight is 229 g/mol. The van der Waals surface area contributed by atoms with Crippen LogP contribution >= 0.6 is 0 Å². The fraction of sp³-hybridized carbons (Fsp3) is 0.900. The Balaban J connectivity index is 2.54. The number of carbonyl (C=O) groups excluding carboxylic acids is 1. The van der Waals surface area contributed by atoms with Crippen LogP contribution in [0.1, 0.15) is 33.6 Å². The van der Waals surface area contributed by atoms with E-state index in [9.17, 15) is 4.79 Å². The van der Waals surface area contributed by atoms with Crippen LogP contribution in [0.5, 0.6) is 0 Å². The Morgan fingerprint density at radius 2 is 2.12 bits per heavy atom. The first kappa shape index (κ1) is 13.3. The van der Waals surface area contributed by atoms with E-state index in [2.05, 4.69) is 0 Å². The number of hydrogen-bond acceptors (Lipinski definition) is 4. The van der Waals surface area contributed by atoms with Gasteiger partial charge < -0.3 is 19.7 Å². The molecule has 1 heterocycles. The molecule has 1 atom stereocenters. The number of nitrogens with zero attached hydrogens (tertiary/aromatic N) is 1. The fourth-order valence-corrected chi connectivity index (χ4v) is 1.89. The molecule has 1 fully saturated rings. The van der Waals surface area contributed by atoms with Crippen LogP contribution in [0.25, 0.3) is 0 Å². The zero-order valence-electron chi connectivity index (χ0n) is 10.1. The van der Waals surface area contributed by atoms with Gasteiger partial charge in [0.1, 0.15) is 5.60 Å². The van der Waals surface area contributed by atoms with Gasteiger partial charge in [-0.15, -0.1) is 0 Å². The third-order valence-corrected chi connectivity index (χ3v) is 2.49. The number of rotatable bonds is 2. The van der Waals surface area contributed by atoms with Crippen LogP contribution in [0.3, 0.4) is 0 Å². The zero-order valence-corrected chi connectivity index (χ0v) is 10.1. The summed E-state index contributed by atoms with van der Waals surface area (Å²) in [5.41, 5.74) is -0.512. The summed E-state index contributed by atoms with van der Waals surface area (Å²) in [5.74, 6) is 0. The highest BCUT2D eigenvalue weighted by molar-refractivity contribution is 6.41. The van der Waals surface area contributed by atoms with Crippen LogP contribution < -0.4 is 0 Å². The molecular formula is C10H20BNO4. The first-order valence-electron chi connectivity index (χ1n) is 5.65. The van der Waals surface area contributed by atoms with Crippen molar-refractivity contribution in [3.05, 3.63) is 0 Å². The standard InChI is InChI=1S/C10H20BNO4/c1-10(2,3)16-9(13)12-6-4-5-8(12)7-11(14)15/h8,14-15H,4-7H2,1-3H3. The van der Waals surface area contributed by atoms with Crippen molar-refractivity contribution in [3.8, 4) is 0 Å². The van der Waals surface area contributed by atoms with Crippen LogP contribution in [0.4, 0.5) is 4.79 Å². The second-order valence-electron chi connectivity index (χ2n) is 5.19. The van der Waals surface area contributed by atoms with Crippen LogP contribution in [-0.2, 0) is 4.74 Å². The number of carbonyl (C=O) groups is 1. The summed E-state index contributed by atoms with van der Waals surface area (Å²) in [4.78, 5) is 13.4. The Hall–Kier alpha value is -0.745. The van der Waals surface area contributed by atoms with Gasteiger partial charge in [0.05, 0.1) is 0 Å². The highest BCUT2D eigenvalue weighted by Gasteiger charge is 2.34. The highest BCUT2D eigenvalue weighted by Crippen LogP contribution is 2.23. The van der Waals surface area contributed by atoms with E-state index in [1.165, 1.54) is 0 Å². The lowest BCUT2D eigenvalue weighted by Crippen LogP contribution is -2.41. The van der Waals surface area contributed by atoms with Crippen molar-refractivity contribution < 1.29 is 19.6 Å². The third-order valence-electron chi connectivity index (χ3n) is 2.49. The predicted molar refractivity (Wildman–Crippen MR) is 61.0 cm³/mol. The Kier molecular flexibility index (Phi) is 4.21. The van der Waals surface area contributed by atoms with Gasteiger partial charge in [-0.25, -0.2) is 4.79 Å². The Labute approximate surface area is 96.5 Å². The first-order valence-corrected chi connectivity index (χ1v) is 5.65. The smallest absolute Gasteiger partial charge is 0.444 e. The Bertz CT molecular complexity index is 252. The van der Waals surface area contributed by atoms with E-state index >= 15 is 0 Å². The number of amides is 1. The van der Waals surface area contributed by atoms with Gasteiger partial charge in [0.15, 0.2) is 0 Å². The van der Waals surface area contributed by atoms with Crippen molar-refractivity contribution in [1.82, 2.24) is 4.90 Å². The van der Waals surface area contributed by atoms with Gasteiger partial charge >= 0.3 is 13.2 Å². The maximum Gasteiger partial charge on any atom is 0.453 e. The molecule has 6 heteroatoms. The third kappa shape index (κ3) is 4.02. The Morgan fingerprint density at radius 3 is 2.62 bits per heavy atom. The normalized spacial score (nSPS) is 21.1. The van der Waals surface area contributed by atoms with Gasteiger partial charge in [-0.05, 0) is 33.6 Å². The number of hydrogen-bond donors (Lipinski definition) is 2. The molecule has 1 aliphatic rings. The summed E-state index contributed by atoms with van der Waals surface area (Å²) in [5, 5.41) is 17.8. The molecule has 0 aromatic rings. The van der Waals surface area contributed by atoms with Crippen molar-refractivity contribution in [2.45, 2.75) is 51.6 Å². The first-order chi connectivity index (χ1) is 7.29. The van der Waals surface area contributed by atoms with Crippen LogP contribution in [0.2, 0.25) is 6.32 Å². The molecule has 1 amide bonds. The molecule has 0 aromatic heterocycles. The van der Waals surface area contributed by atoms with Gasteiger partial charge in [-0.2, -0.15) is 0 Å². The van der Waals surface area contributed by atoms with Gasteiger partial charge in [-0.3, -0.25) is 0 Å². The van der Waals surface area contributed by atoms with E-state index in [0.29, 0.717) is 6.54 Å². The molecule has 2 N–H and O–H groups in total. The lowest BCUT2D eigenvalue weighted by Gasteiger charge is -2.28. The van der Waals surface area contributed by atoms with Crippen molar-refractivity contribution >= 4 is 13.2 Å². The van der Waals surface area contributed by atoms with E-state index < -0.39 is 12.7 Å². The lowest BCUT2D eigenvalue weighted by atomic mass is 9.81. The molecule has 0 spiro atoms. The molecule has 1 unspecified atom stereocenters. The van der Waals surface area contributed by atoms with Crippen molar-refractivity contribution in [2.24, 2.45) is 0 Å². The molecule has 1 aliphatic heterocycles. The van der Waals surface area contributed by atoms with E-state index in [4.69, 9.17) is 14.8 Å². The minimum absolute atomic E-state index is 0.116. The van der Waals surface area contributed by atoms with E-state index in [0.717, 1.165) is 12.8 Å². The molecule has 5 nitrogen and oxygen atoms in total. The summed E-state index contributed by atoms with van der Waals surface area (Å²) in [6.07, 6.45) is 1.52. The fourth-order valence-electron chi connectivity index (χ4n) is 1.89. The molecule has 0 bridgehead atoms. The topological polar surface area (TPSA) is 70.0 Å². The monoisotopic (exact) mass is 229 g/mol. The molecule has 0 saturated carbocycles. The molecule has 0 aliphatic carbocycles. The molecule has 0 radical (unpaired) electrons. The molecule has 16 heavy (non-hydrogen) atoms. The van der Waals surface area contributed by atoms with Crippen LogP contribution in [0.15, 0.2) is 0 Å². The van der Waals surface area contributed by atoms with Crippen LogP contribution in [-0.4, -0.2) is 46.3 Å². The summed E-state index contributed by atoms with van der Waals surface area (Å²) in [7, 11) is -1.37. The predicted octanol–water partition coefficient (Wildman–Crippen LogP) is 0.859. The number of ether oxygens (including phenoxy) is 1. The second-order valence-corrected chi connectivity index (χ2v) is 5.19. The van der Waals surface area contributed by atoms with Crippen molar-refractivity contribution in [3.63, 3.8) is 0 Å². The quantitative estimate of drug-likeness (QED) is 0.689. The summed E-state index contributed by atoms with van der Waals surface area (Å²) >= 11 is 0. The zero-order chi connectivity index (χ0) is 12.3. The lowest BCUT2D eigenvalue weighted by molar-refractivity contribution is 0.0236. The summed E-state index contributed by atoms with van der Waals surface area (Å²) < 4.78 is 5.26. The SMILES string of the molecule is CC(C)(C)OC(=O)N1CCCC1CB(O)O.